The number of nitrogens with one attached hydrogen (secondary N) is 1. The molecule has 0 aliphatic rings. The molecule has 1 aromatic rings. The molecule has 72 valence electrons. The molecule has 0 aromatic heterocycles. The number of carbonyl (C=O) groups is 1. The van der Waals surface area contributed by atoms with Crippen molar-refractivity contribution in [2.45, 2.75) is 0 Å². The van der Waals surface area contributed by atoms with Crippen molar-refractivity contribution in [2.24, 2.45) is 0 Å². The van der Waals surface area contributed by atoms with E-state index in [1.54, 1.807) is 25.2 Å². The Morgan fingerprint density at radius 2 is 2.29 bits per heavy atom. The minimum atomic E-state index is -0.418. The average molecular weight is 190 g/mol. The van der Waals surface area contributed by atoms with Crippen LogP contribution in [0.2, 0.25) is 0 Å². The highest BCUT2D eigenvalue weighted by atomic mass is 16.5. The lowest BCUT2D eigenvalue weighted by Gasteiger charge is -2.06. The van der Waals surface area contributed by atoms with Crippen LogP contribution in [0.4, 0.5) is 5.69 Å². The first kappa shape index (κ1) is 10.1. The summed E-state index contributed by atoms with van der Waals surface area (Å²) in [6.45, 7) is 0. The van der Waals surface area contributed by atoms with E-state index >= 15 is 0 Å². The fourth-order valence-corrected chi connectivity index (χ4v) is 1.11. The molecule has 0 saturated carbocycles. The number of hydrogen-bond donors (Lipinski definition) is 1. The topological polar surface area (TPSA) is 62.1 Å². The van der Waals surface area contributed by atoms with Crippen LogP contribution in [0.25, 0.3) is 0 Å². The first-order chi connectivity index (χ1) is 6.72. The monoisotopic (exact) mass is 190 g/mol. The number of anilines is 1. The smallest absolute Gasteiger partial charge is 0.339 e. The fourth-order valence-electron chi connectivity index (χ4n) is 1.11. The Morgan fingerprint density at radius 3 is 2.79 bits per heavy atom. The van der Waals surface area contributed by atoms with Gasteiger partial charge in [0.15, 0.2) is 0 Å². The Kier molecular flexibility index (Phi) is 3.08. The van der Waals surface area contributed by atoms with Gasteiger partial charge in [0.05, 0.1) is 24.3 Å². The van der Waals surface area contributed by atoms with Crippen LogP contribution in [0.1, 0.15) is 15.9 Å². The summed E-state index contributed by atoms with van der Waals surface area (Å²) < 4.78 is 4.59. The molecule has 0 spiro atoms. The van der Waals surface area contributed by atoms with Crippen LogP contribution in [-0.2, 0) is 4.74 Å². The number of rotatable bonds is 2. The van der Waals surface area contributed by atoms with Gasteiger partial charge in [0, 0.05) is 12.7 Å². The van der Waals surface area contributed by atoms with Crippen molar-refractivity contribution in [2.75, 3.05) is 19.5 Å². The van der Waals surface area contributed by atoms with Crippen molar-refractivity contribution in [3.8, 4) is 6.07 Å². The van der Waals surface area contributed by atoms with E-state index in [2.05, 4.69) is 10.1 Å². The van der Waals surface area contributed by atoms with Gasteiger partial charge in [-0.15, -0.1) is 0 Å². The molecule has 1 rings (SSSR count). The highest BCUT2D eigenvalue weighted by Crippen LogP contribution is 2.17. The van der Waals surface area contributed by atoms with Crippen molar-refractivity contribution in [1.82, 2.24) is 0 Å². The van der Waals surface area contributed by atoms with E-state index in [1.807, 2.05) is 6.07 Å². The van der Waals surface area contributed by atoms with Gasteiger partial charge >= 0.3 is 5.97 Å². The zero-order chi connectivity index (χ0) is 10.6. The average Bonchev–Trinajstić information content (AvgIpc) is 2.27. The van der Waals surface area contributed by atoms with E-state index in [4.69, 9.17) is 5.26 Å². The lowest BCUT2D eigenvalue weighted by Crippen LogP contribution is -2.05. The van der Waals surface area contributed by atoms with Crippen molar-refractivity contribution >= 4 is 11.7 Å². The molecule has 1 aromatic carbocycles. The maximum absolute atomic E-state index is 11.2. The number of nitriles is 1. The molecule has 0 amide bonds. The summed E-state index contributed by atoms with van der Waals surface area (Å²) in [5.41, 5.74) is 1.52. The molecule has 0 heterocycles. The second-order valence-corrected chi connectivity index (χ2v) is 2.61. The maximum Gasteiger partial charge on any atom is 0.339 e. The van der Waals surface area contributed by atoms with Gasteiger partial charge in [-0.1, -0.05) is 0 Å². The van der Waals surface area contributed by atoms with E-state index in [1.165, 1.54) is 7.11 Å². The van der Waals surface area contributed by atoms with Crippen LogP contribution in [0.5, 0.6) is 0 Å². The zero-order valence-electron chi connectivity index (χ0n) is 8.00. The normalized spacial score (nSPS) is 8.93. The van der Waals surface area contributed by atoms with Crippen molar-refractivity contribution in [3.63, 3.8) is 0 Å². The van der Waals surface area contributed by atoms with Crippen molar-refractivity contribution < 1.29 is 9.53 Å². The number of nitrogens with zero attached hydrogens (tertiary/aromatic N) is 1. The van der Waals surface area contributed by atoms with Crippen molar-refractivity contribution in [1.29, 1.82) is 5.26 Å². The third kappa shape index (κ3) is 1.83. The lowest BCUT2D eigenvalue weighted by molar-refractivity contribution is 0.0602. The van der Waals surface area contributed by atoms with Crippen LogP contribution in [-0.4, -0.2) is 20.1 Å². The summed E-state index contributed by atoms with van der Waals surface area (Å²) in [7, 11) is 3.00. The van der Waals surface area contributed by atoms with Gasteiger partial charge in [-0.05, 0) is 18.2 Å². The zero-order valence-corrected chi connectivity index (χ0v) is 8.00. The van der Waals surface area contributed by atoms with E-state index in [0.29, 0.717) is 16.8 Å². The van der Waals surface area contributed by atoms with E-state index in [-0.39, 0.29) is 0 Å². The summed E-state index contributed by atoms with van der Waals surface area (Å²) in [6, 6.07) is 6.74. The van der Waals surface area contributed by atoms with Gasteiger partial charge < -0.3 is 10.1 Å². The highest BCUT2D eigenvalue weighted by molar-refractivity contribution is 5.95. The molecule has 1 N–H and O–H groups in total. The first-order valence-electron chi connectivity index (χ1n) is 4.03. The minimum absolute atomic E-state index is 0.418. The van der Waals surface area contributed by atoms with Gasteiger partial charge in [0.25, 0.3) is 0 Å². The lowest BCUT2D eigenvalue weighted by atomic mass is 10.1. The van der Waals surface area contributed by atoms with E-state index in [9.17, 15) is 4.79 Å². The Bertz CT molecular complexity index is 394. The van der Waals surface area contributed by atoms with Gasteiger partial charge in [-0.3, -0.25) is 0 Å². The van der Waals surface area contributed by atoms with Gasteiger partial charge in [0.2, 0.25) is 0 Å². The number of benzene rings is 1. The van der Waals surface area contributed by atoms with Crippen LogP contribution < -0.4 is 5.32 Å². The Labute approximate surface area is 82.1 Å². The molecule has 4 nitrogen and oxygen atoms in total. The molecule has 0 atom stereocenters. The molecule has 0 aliphatic carbocycles. The summed E-state index contributed by atoms with van der Waals surface area (Å²) >= 11 is 0. The predicted molar refractivity (Wildman–Crippen MR) is 52.0 cm³/mol. The number of methoxy groups -OCH3 is 1. The molecular weight excluding hydrogens is 180 g/mol. The van der Waals surface area contributed by atoms with Crippen LogP contribution in [0.3, 0.4) is 0 Å². The highest BCUT2D eigenvalue weighted by Gasteiger charge is 2.10. The van der Waals surface area contributed by atoms with Crippen LogP contribution in [0.15, 0.2) is 18.2 Å². The SMILES string of the molecule is CNc1cc(C#N)ccc1C(=O)OC. The third-order valence-electron chi connectivity index (χ3n) is 1.82. The predicted octanol–water partition coefficient (Wildman–Crippen LogP) is 1.39. The minimum Gasteiger partial charge on any atom is -0.465 e. The molecule has 0 bridgehead atoms. The second-order valence-electron chi connectivity index (χ2n) is 2.61. The Balaban J connectivity index is 3.19. The maximum atomic E-state index is 11.2. The van der Waals surface area contributed by atoms with E-state index in [0.717, 1.165) is 0 Å². The second kappa shape index (κ2) is 4.28. The molecule has 0 radical (unpaired) electrons. The summed E-state index contributed by atoms with van der Waals surface area (Å²) in [5, 5.41) is 11.5. The van der Waals surface area contributed by atoms with E-state index < -0.39 is 5.97 Å². The van der Waals surface area contributed by atoms with Gasteiger partial charge in [0.1, 0.15) is 0 Å². The molecule has 0 saturated heterocycles. The van der Waals surface area contributed by atoms with Crippen LogP contribution >= 0.6 is 0 Å². The van der Waals surface area contributed by atoms with Gasteiger partial charge in [-0.2, -0.15) is 5.26 Å². The first-order valence-corrected chi connectivity index (χ1v) is 4.03. The Morgan fingerprint density at radius 1 is 1.57 bits per heavy atom. The van der Waals surface area contributed by atoms with Crippen molar-refractivity contribution in [3.05, 3.63) is 29.3 Å². The quantitative estimate of drug-likeness (QED) is 0.716. The summed E-state index contributed by atoms with van der Waals surface area (Å²) in [5.74, 6) is -0.418. The van der Waals surface area contributed by atoms with Crippen LogP contribution in [0, 0.1) is 11.3 Å². The number of hydrogen-bond acceptors (Lipinski definition) is 4. The molecule has 0 aliphatic heterocycles. The molecule has 14 heavy (non-hydrogen) atoms. The fraction of sp³-hybridized carbons (Fsp3) is 0.200. The largest absolute Gasteiger partial charge is 0.465 e. The molecule has 4 heteroatoms. The molecule has 0 fully saturated rings. The third-order valence-corrected chi connectivity index (χ3v) is 1.82. The number of esters is 1. The molecular formula is C10H10N2O2. The molecule has 0 unspecified atom stereocenters. The summed E-state index contributed by atoms with van der Waals surface area (Å²) in [6.07, 6.45) is 0. The van der Waals surface area contributed by atoms with Gasteiger partial charge in [-0.25, -0.2) is 4.79 Å². The number of ether oxygens (including phenoxy) is 1. The summed E-state index contributed by atoms with van der Waals surface area (Å²) in [4.78, 5) is 11.2. The number of carbonyl (C=O) groups excluding carboxylic acids is 1. The standard InChI is InChI=1S/C10H10N2O2/c1-12-9-5-7(6-11)3-4-8(9)10(13)14-2/h3-5,12H,1-2H3. The Hall–Kier alpha value is -2.02.